The minimum atomic E-state index is -3.16. The van der Waals surface area contributed by atoms with Crippen molar-refractivity contribution in [1.29, 1.82) is 0 Å². The summed E-state index contributed by atoms with van der Waals surface area (Å²) in [7, 11) is -3.16. The van der Waals surface area contributed by atoms with E-state index in [4.69, 9.17) is 0 Å². The van der Waals surface area contributed by atoms with Crippen molar-refractivity contribution < 1.29 is 8.42 Å². The van der Waals surface area contributed by atoms with Crippen LogP contribution in [0.15, 0.2) is 59.5 Å². The third-order valence-electron chi connectivity index (χ3n) is 2.56. The molecule has 0 heterocycles. The molecule has 0 bridgehead atoms. The molecule has 1 aromatic carbocycles. The van der Waals surface area contributed by atoms with Crippen LogP contribution in [0.25, 0.3) is 0 Å². The molecule has 0 unspecified atom stereocenters. The Kier molecular flexibility index (Phi) is 6.44. The van der Waals surface area contributed by atoms with E-state index in [1.54, 1.807) is 30.3 Å². The van der Waals surface area contributed by atoms with Crippen LogP contribution in [0.1, 0.15) is 26.2 Å². The van der Waals surface area contributed by atoms with Crippen LogP contribution in [-0.2, 0) is 9.84 Å². The maximum atomic E-state index is 11.9. The van der Waals surface area contributed by atoms with Crippen LogP contribution < -0.4 is 0 Å². The molecule has 0 radical (unpaired) electrons. The predicted octanol–water partition coefficient (Wildman–Crippen LogP) is 3.76. The summed E-state index contributed by atoms with van der Waals surface area (Å²) in [6.45, 7) is 2.00. The zero-order chi connectivity index (χ0) is 13.3. The molecule has 0 fully saturated rings. The van der Waals surface area contributed by atoms with Crippen LogP contribution in [0.5, 0.6) is 0 Å². The Balaban J connectivity index is 2.41. The first-order chi connectivity index (χ1) is 8.67. The number of benzene rings is 1. The van der Waals surface area contributed by atoms with Gasteiger partial charge in [0.05, 0.1) is 10.6 Å². The molecule has 2 nitrogen and oxygen atoms in total. The first kappa shape index (κ1) is 14.7. The lowest BCUT2D eigenvalue weighted by Gasteiger charge is -2.00. The van der Waals surface area contributed by atoms with E-state index in [1.807, 2.05) is 25.1 Å². The van der Waals surface area contributed by atoms with Gasteiger partial charge in [0.2, 0.25) is 0 Å². The van der Waals surface area contributed by atoms with E-state index in [0.717, 1.165) is 19.3 Å². The number of unbranched alkanes of at least 4 members (excludes halogenated alkanes) is 2. The average molecular weight is 264 g/mol. The molecule has 0 aromatic heterocycles. The summed E-state index contributed by atoms with van der Waals surface area (Å²) in [5.74, 6) is 0.0840. The Bertz CT molecular complexity index is 484. The maximum absolute atomic E-state index is 11.9. The fourth-order valence-corrected chi connectivity index (χ4v) is 2.71. The van der Waals surface area contributed by atoms with Gasteiger partial charge in [-0.3, -0.25) is 0 Å². The quantitative estimate of drug-likeness (QED) is 0.555. The van der Waals surface area contributed by atoms with E-state index in [1.165, 1.54) is 0 Å². The Labute approximate surface area is 110 Å². The van der Waals surface area contributed by atoms with Crippen molar-refractivity contribution in [2.75, 3.05) is 5.75 Å². The van der Waals surface area contributed by atoms with Crippen molar-refractivity contribution in [3.63, 3.8) is 0 Å². The van der Waals surface area contributed by atoms with E-state index in [9.17, 15) is 8.42 Å². The molecule has 0 aliphatic heterocycles. The maximum Gasteiger partial charge on any atom is 0.181 e. The summed E-state index contributed by atoms with van der Waals surface area (Å²) in [6.07, 6.45) is 10.9. The molecule has 0 atom stereocenters. The van der Waals surface area contributed by atoms with Crippen LogP contribution in [0, 0.1) is 0 Å². The summed E-state index contributed by atoms with van der Waals surface area (Å²) < 4.78 is 23.8. The first-order valence-electron chi connectivity index (χ1n) is 6.21. The van der Waals surface area contributed by atoms with E-state index in [2.05, 4.69) is 6.08 Å². The Hall–Kier alpha value is -1.35. The molecule has 0 spiro atoms. The highest BCUT2D eigenvalue weighted by Crippen LogP contribution is 2.10. The molecule has 0 saturated heterocycles. The van der Waals surface area contributed by atoms with Gasteiger partial charge < -0.3 is 0 Å². The minimum Gasteiger partial charge on any atom is -0.223 e. The summed E-state index contributed by atoms with van der Waals surface area (Å²) in [5, 5.41) is 0. The highest BCUT2D eigenvalue weighted by Gasteiger charge is 2.10. The molecule has 3 heteroatoms. The van der Waals surface area contributed by atoms with Crippen molar-refractivity contribution in [3.05, 3.63) is 54.6 Å². The molecule has 0 saturated carbocycles. The molecule has 18 heavy (non-hydrogen) atoms. The normalized spacial score (nSPS) is 12.5. The zero-order valence-electron chi connectivity index (χ0n) is 10.7. The van der Waals surface area contributed by atoms with Gasteiger partial charge in [0.15, 0.2) is 9.84 Å². The van der Waals surface area contributed by atoms with E-state index < -0.39 is 9.84 Å². The van der Waals surface area contributed by atoms with Crippen LogP contribution in [-0.4, -0.2) is 14.2 Å². The molecular formula is C15H20O2S. The van der Waals surface area contributed by atoms with Crippen molar-refractivity contribution in [1.82, 2.24) is 0 Å². The van der Waals surface area contributed by atoms with Gasteiger partial charge in [-0.25, -0.2) is 8.42 Å². The first-order valence-corrected chi connectivity index (χ1v) is 7.86. The Morgan fingerprint density at radius 2 is 1.67 bits per heavy atom. The summed E-state index contributed by atoms with van der Waals surface area (Å²) in [6, 6.07) is 8.57. The third-order valence-corrected chi connectivity index (χ3v) is 4.18. The minimum absolute atomic E-state index is 0.0840. The van der Waals surface area contributed by atoms with Crippen LogP contribution in [0.3, 0.4) is 0 Å². The van der Waals surface area contributed by atoms with E-state index >= 15 is 0 Å². The number of allylic oxidation sites excluding steroid dienone is 3. The fraction of sp³-hybridized carbons (Fsp3) is 0.333. The van der Waals surface area contributed by atoms with Gasteiger partial charge in [-0.15, -0.1) is 0 Å². The van der Waals surface area contributed by atoms with Gasteiger partial charge >= 0.3 is 0 Å². The smallest absolute Gasteiger partial charge is 0.181 e. The van der Waals surface area contributed by atoms with E-state index in [0.29, 0.717) is 4.90 Å². The Morgan fingerprint density at radius 1 is 1.00 bits per heavy atom. The number of rotatable bonds is 7. The standard InChI is InChI=1S/C15H20O2S/c1-2-3-4-5-6-7-11-14-18(16,17)15-12-9-8-10-13-15/h2-3,7-13H,4-6,14H2,1H3. The monoisotopic (exact) mass is 264 g/mol. The number of hydrogen-bond donors (Lipinski definition) is 0. The van der Waals surface area contributed by atoms with Crippen molar-refractivity contribution in [2.24, 2.45) is 0 Å². The summed E-state index contributed by atoms with van der Waals surface area (Å²) in [5.41, 5.74) is 0. The highest BCUT2D eigenvalue weighted by atomic mass is 32.2. The lowest BCUT2D eigenvalue weighted by Crippen LogP contribution is -2.04. The fourth-order valence-electron chi connectivity index (χ4n) is 1.56. The Morgan fingerprint density at radius 3 is 2.33 bits per heavy atom. The van der Waals surface area contributed by atoms with Crippen LogP contribution >= 0.6 is 0 Å². The number of sulfone groups is 1. The third kappa shape index (κ3) is 5.32. The van der Waals surface area contributed by atoms with Gasteiger partial charge in [0.1, 0.15) is 0 Å². The second-order valence-electron chi connectivity index (χ2n) is 4.07. The second-order valence-corrected chi connectivity index (χ2v) is 6.10. The van der Waals surface area contributed by atoms with Gasteiger partial charge in [0, 0.05) is 0 Å². The molecule has 1 aromatic rings. The van der Waals surface area contributed by atoms with Crippen molar-refractivity contribution in [3.8, 4) is 0 Å². The van der Waals surface area contributed by atoms with Crippen LogP contribution in [0.4, 0.5) is 0 Å². The molecule has 0 amide bonds. The van der Waals surface area contributed by atoms with Crippen molar-refractivity contribution in [2.45, 2.75) is 31.1 Å². The van der Waals surface area contributed by atoms with Gasteiger partial charge in [-0.2, -0.15) is 0 Å². The topological polar surface area (TPSA) is 34.1 Å². The average Bonchev–Trinajstić information content (AvgIpc) is 2.39. The molecule has 0 aliphatic rings. The predicted molar refractivity (Wildman–Crippen MR) is 76.3 cm³/mol. The molecule has 0 aliphatic carbocycles. The zero-order valence-corrected chi connectivity index (χ0v) is 11.6. The molecular weight excluding hydrogens is 244 g/mol. The second kappa shape index (κ2) is 7.88. The highest BCUT2D eigenvalue weighted by molar-refractivity contribution is 7.91. The molecule has 1 rings (SSSR count). The number of hydrogen-bond acceptors (Lipinski definition) is 2. The summed E-state index contributed by atoms with van der Waals surface area (Å²) in [4.78, 5) is 0.392. The SMILES string of the molecule is CC=CCCCC=CCS(=O)(=O)c1ccccc1. The lowest BCUT2D eigenvalue weighted by molar-refractivity contribution is 0.599. The van der Waals surface area contributed by atoms with Gasteiger partial charge in [0.25, 0.3) is 0 Å². The van der Waals surface area contributed by atoms with E-state index in [-0.39, 0.29) is 5.75 Å². The largest absolute Gasteiger partial charge is 0.223 e. The summed E-state index contributed by atoms with van der Waals surface area (Å²) >= 11 is 0. The van der Waals surface area contributed by atoms with Crippen LogP contribution in [0.2, 0.25) is 0 Å². The van der Waals surface area contributed by atoms with Gasteiger partial charge in [-0.05, 0) is 38.3 Å². The molecule has 98 valence electrons. The lowest BCUT2D eigenvalue weighted by atomic mass is 10.2. The van der Waals surface area contributed by atoms with Gasteiger partial charge in [-0.1, -0.05) is 42.5 Å². The molecule has 0 N–H and O–H groups in total. The van der Waals surface area contributed by atoms with Crippen molar-refractivity contribution >= 4 is 9.84 Å².